The molecule has 4 nitrogen and oxygen atoms in total. The summed E-state index contributed by atoms with van der Waals surface area (Å²) in [7, 11) is 0. The zero-order valence-corrected chi connectivity index (χ0v) is 28.4. The van der Waals surface area contributed by atoms with Gasteiger partial charge in [0.15, 0.2) is 0 Å². The zero-order valence-electron chi connectivity index (χ0n) is 28.4. The molecule has 4 atom stereocenters. The first kappa shape index (κ1) is 35.8. The number of hydrogen-bond donors (Lipinski definition) is 1. The molecule has 1 aromatic rings. The normalized spacial score (nSPS) is 20.8. The Balaban J connectivity index is 2.00. The number of nitrogens with one attached hydrogen (secondary N) is 1. The molecule has 3 rings (SSSR count). The van der Waals surface area contributed by atoms with E-state index in [1.807, 2.05) is 25.1 Å². The van der Waals surface area contributed by atoms with Gasteiger partial charge in [0.05, 0.1) is 30.3 Å². The third-order valence-corrected chi connectivity index (χ3v) is 9.07. The van der Waals surface area contributed by atoms with Crippen LogP contribution in [0.2, 0.25) is 0 Å². The van der Waals surface area contributed by atoms with Gasteiger partial charge in [-0.05, 0) is 93.1 Å². The van der Waals surface area contributed by atoms with Crippen molar-refractivity contribution in [3.05, 3.63) is 119 Å². The smallest absolute Gasteiger partial charge is 0.129 e. The van der Waals surface area contributed by atoms with Crippen LogP contribution in [0.5, 0.6) is 0 Å². The topological polar surface area (TPSA) is 57.4 Å². The Labute approximate surface area is 273 Å². The molecule has 0 spiro atoms. The van der Waals surface area contributed by atoms with Crippen LogP contribution in [0.1, 0.15) is 101 Å². The highest BCUT2D eigenvalue weighted by Crippen LogP contribution is 2.37. The van der Waals surface area contributed by atoms with Crippen LogP contribution < -0.4 is 5.32 Å². The predicted octanol–water partition coefficient (Wildman–Crippen LogP) is 10.4. The van der Waals surface area contributed by atoms with E-state index in [1.54, 1.807) is 0 Å². The number of amidine groups is 1. The minimum atomic E-state index is -0.0871. The molecule has 1 fully saturated rings. The van der Waals surface area contributed by atoms with Gasteiger partial charge >= 0.3 is 0 Å². The van der Waals surface area contributed by atoms with Gasteiger partial charge in [0.2, 0.25) is 0 Å². The third kappa shape index (κ3) is 10.2. The van der Waals surface area contributed by atoms with Gasteiger partial charge in [-0.15, -0.1) is 6.58 Å². The van der Waals surface area contributed by atoms with Crippen LogP contribution in [0.4, 0.5) is 0 Å². The van der Waals surface area contributed by atoms with Gasteiger partial charge in [0.25, 0.3) is 0 Å². The van der Waals surface area contributed by atoms with Gasteiger partial charge in [0.1, 0.15) is 5.84 Å². The summed E-state index contributed by atoms with van der Waals surface area (Å²) in [5, 5.41) is 13.4. The molecule has 1 saturated heterocycles. The molecular formula is C41H55N3O. The number of nitrogens with zero attached hydrogens (tertiary/aromatic N) is 2. The Hall–Kier alpha value is -3.68. The molecule has 1 aromatic carbocycles. The van der Waals surface area contributed by atoms with Crippen LogP contribution in [0.25, 0.3) is 0 Å². The van der Waals surface area contributed by atoms with Crippen LogP contribution in [-0.4, -0.2) is 25.1 Å². The lowest BCUT2D eigenvalue weighted by Gasteiger charge is -2.25. The molecule has 0 aromatic heterocycles. The molecule has 45 heavy (non-hydrogen) atoms. The number of nitriles is 1. The Bertz CT molecular complexity index is 1400. The van der Waals surface area contributed by atoms with E-state index < -0.39 is 0 Å². The summed E-state index contributed by atoms with van der Waals surface area (Å²) in [6, 6.07) is 8.13. The highest BCUT2D eigenvalue weighted by atomic mass is 16.5. The van der Waals surface area contributed by atoms with E-state index in [2.05, 4.69) is 83.3 Å². The summed E-state index contributed by atoms with van der Waals surface area (Å²) in [4.78, 5) is 5.02. The van der Waals surface area contributed by atoms with Crippen molar-refractivity contribution in [1.29, 1.82) is 5.26 Å². The highest BCUT2D eigenvalue weighted by Gasteiger charge is 2.27. The van der Waals surface area contributed by atoms with Crippen molar-refractivity contribution in [3.8, 4) is 6.07 Å². The summed E-state index contributed by atoms with van der Waals surface area (Å²) >= 11 is 0. The fourth-order valence-corrected chi connectivity index (χ4v) is 6.38. The molecular weight excluding hydrogens is 550 g/mol. The predicted molar refractivity (Wildman–Crippen MR) is 192 cm³/mol. The number of benzene rings is 1. The molecule has 2 aliphatic rings. The van der Waals surface area contributed by atoms with E-state index >= 15 is 0 Å². The van der Waals surface area contributed by atoms with Crippen LogP contribution in [0, 0.1) is 30.1 Å². The molecule has 1 aliphatic heterocycles. The summed E-state index contributed by atoms with van der Waals surface area (Å²) in [6.07, 6.45) is 15.7. The molecule has 0 radical (unpaired) electrons. The molecule has 1 aliphatic carbocycles. The van der Waals surface area contributed by atoms with Gasteiger partial charge in [-0.2, -0.15) is 5.26 Å². The van der Waals surface area contributed by atoms with Gasteiger partial charge in [0, 0.05) is 18.1 Å². The van der Waals surface area contributed by atoms with Crippen molar-refractivity contribution in [2.24, 2.45) is 16.8 Å². The monoisotopic (exact) mass is 605 g/mol. The molecule has 1 N–H and O–H groups in total. The van der Waals surface area contributed by atoms with Gasteiger partial charge in [-0.25, -0.2) is 0 Å². The van der Waals surface area contributed by atoms with Crippen molar-refractivity contribution in [2.75, 3.05) is 13.2 Å². The second-order valence-corrected chi connectivity index (χ2v) is 13.0. The minimum absolute atomic E-state index is 0.00261. The fraction of sp³-hybridized carbons (Fsp3) is 0.463. The van der Waals surface area contributed by atoms with Crippen molar-refractivity contribution in [3.63, 3.8) is 0 Å². The number of aliphatic imine (C=N–C) groups is 1. The lowest BCUT2D eigenvalue weighted by molar-refractivity contribution is 0.101. The SMILES string of the molecule is C=CC/N=C(/N[C@H](C)c1cccc(C#N)c1C)C1=CC(C(=C)CC[C@H]2C[C@@H](C)CO2)C(=C)CC=C1C(=C)CC(=C)CCCCC. The molecule has 4 heteroatoms. The summed E-state index contributed by atoms with van der Waals surface area (Å²) < 4.78 is 6.02. The lowest BCUT2D eigenvalue weighted by atomic mass is 9.86. The highest BCUT2D eigenvalue weighted by molar-refractivity contribution is 6.04. The molecule has 0 saturated carbocycles. The van der Waals surface area contributed by atoms with Crippen molar-refractivity contribution in [2.45, 2.75) is 97.6 Å². The summed E-state index contributed by atoms with van der Waals surface area (Å²) in [6.45, 7) is 32.0. The maximum absolute atomic E-state index is 9.66. The van der Waals surface area contributed by atoms with Crippen LogP contribution in [0.3, 0.4) is 0 Å². The van der Waals surface area contributed by atoms with Crippen LogP contribution in [-0.2, 0) is 4.74 Å². The van der Waals surface area contributed by atoms with Crippen LogP contribution in [0.15, 0.2) is 108 Å². The summed E-state index contributed by atoms with van der Waals surface area (Å²) in [5.41, 5.74) is 9.35. The van der Waals surface area contributed by atoms with Gasteiger partial charge in [-0.1, -0.05) is 100 Å². The Morgan fingerprint density at radius 1 is 1.20 bits per heavy atom. The van der Waals surface area contributed by atoms with Crippen molar-refractivity contribution in [1.82, 2.24) is 5.32 Å². The molecule has 0 bridgehead atoms. The van der Waals surface area contributed by atoms with E-state index in [-0.39, 0.29) is 12.0 Å². The Morgan fingerprint density at radius 3 is 2.64 bits per heavy atom. The minimum Gasteiger partial charge on any atom is -0.378 e. The number of ether oxygens (including phenoxy) is 1. The molecule has 1 heterocycles. The number of unbranched alkanes of at least 4 members (excludes halogenated alkanes) is 2. The maximum Gasteiger partial charge on any atom is 0.129 e. The van der Waals surface area contributed by atoms with E-state index in [0.29, 0.717) is 24.1 Å². The zero-order chi connectivity index (χ0) is 32.9. The maximum atomic E-state index is 9.66. The average molecular weight is 606 g/mol. The second kappa shape index (κ2) is 17.7. The fourth-order valence-electron chi connectivity index (χ4n) is 6.38. The average Bonchev–Trinajstić information content (AvgIpc) is 3.35. The molecule has 0 amide bonds. The first-order valence-electron chi connectivity index (χ1n) is 16.7. The Morgan fingerprint density at radius 2 is 1.98 bits per heavy atom. The van der Waals surface area contributed by atoms with E-state index in [0.717, 1.165) is 96.4 Å². The summed E-state index contributed by atoms with van der Waals surface area (Å²) in [5.74, 6) is 1.41. The number of hydrogen-bond acceptors (Lipinski definition) is 3. The standard InChI is InChI=1S/C41H55N3O/c1-10-12-13-15-28(3)23-32(7)37-21-19-31(6)39(30(5)18-20-36-24-29(4)27-45-36)25-40(37)41(43-22-11-2)44-34(9)38-17-14-16-35(26-42)33(38)8/h11,14,16-17,21,25,29,34,36,39H,2-3,5-7,10,12-13,15,18-20,22-24,27H2,1,4,8-9H3,(H,43,44)/t29-,34-,36+,39?/m1/s1. The van der Waals surface area contributed by atoms with Crippen molar-refractivity contribution < 1.29 is 4.74 Å². The quantitative estimate of drug-likeness (QED) is 0.0883. The molecule has 1 unspecified atom stereocenters. The van der Waals surface area contributed by atoms with E-state index in [9.17, 15) is 5.26 Å². The van der Waals surface area contributed by atoms with Crippen molar-refractivity contribution >= 4 is 5.84 Å². The first-order valence-corrected chi connectivity index (χ1v) is 16.7. The van der Waals surface area contributed by atoms with Crippen LogP contribution >= 0.6 is 0 Å². The largest absolute Gasteiger partial charge is 0.378 e. The lowest BCUT2D eigenvalue weighted by Crippen LogP contribution is -2.30. The number of allylic oxidation sites excluding steroid dienone is 6. The Kier molecular flexibility index (Phi) is 14.1. The van der Waals surface area contributed by atoms with E-state index in [1.165, 1.54) is 18.4 Å². The first-order chi connectivity index (χ1) is 21.6. The second-order valence-electron chi connectivity index (χ2n) is 13.0. The number of rotatable bonds is 16. The van der Waals surface area contributed by atoms with Gasteiger partial charge in [-0.3, -0.25) is 4.99 Å². The van der Waals surface area contributed by atoms with Gasteiger partial charge < -0.3 is 10.1 Å². The molecule has 240 valence electrons. The third-order valence-electron chi connectivity index (χ3n) is 9.07. The van der Waals surface area contributed by atoms with E-state index in [4.69, 9.17) is 9.73 Å².